The number of amides is 1. The van der Waals surface area contributed by atoms with Gasteiger partial charge >= 0.3 is 0 Å². The van der Waals surface area contributed by atoms with Crippen LogP contribution in [0, 0.1) is 0 Å². The van der Waals surface area contributed by atoms with Gasteiger partial charge in [0.2, 0.25) is 5.95 Å². The molecule has 2 aromatic rings. The first-order chi connectivity index (χ1) is 10.7. The van der Waals surface area contributed by atoms with Crippen molar-refractivity contribution in [3.05, 3.63) is 53.9 Å². The predicted molar refractivity (Wildman–Crippen MR) is 87.8 cm³/mol. The van der Waals surface area contributed by atoms with Gasteiger partial charge in [0.15, 0.2) is 0 Å². The van der Waals surface area contributed by atoms with E-state index in [0.717, 1.165) is 5.56 Å². The van der Waals surface area contributed by atoms with Crippen LogP contribution in [0.3, 0.4) is 0 Å². The Hall–Kier alpha value is -2.43. The summed E-state index contributed by atoms with van der Waals surface area (Å²) in [6, 6.07) is 10.2. The van der Waals surface area contributed by atoms with Crippen molar-refractivity contribution in [3.8, 4) is 0 Å². The largest absolute Gasteiger partial charge is 0.348 e. The fourth-order valence-electron chi connectivity index (χ4n) is 2.23. The van der Waals surface area contributed by atoms with Gasteiger partial charge in [0, 0.05) is 25.5 Å². The third-order valence-corrected chi connectivity index (χ3v) is 3.59. The Morgan fingerprint density at radius 1 is 1.14 bits per heavy atom. The third-order valence-electron chi connectivity index (χ3n) is 3.59. The average Bonchev–Trinajstić information content (AvgIpc) is 2.57. The van der Waals surface area contributed by atoms with E-state index in [9.17, 15) is 4.79 Å². The van der Waals surface area contributed by atoms with Crippen molar-refractivity contribution in [2.45, 2.75) is 26.8 Å². The van der Waals surface area contributed by atoms with Gasteiger partial charge in [-0.3, -0.25) is 4.79 Å². The summed E-state index contributed by atoms with van der Waals surface area (Å²) in [4.78, 5) is 22.4. The lowest BCUT2D eigenvalue weighted by atomic mass is 10.1. The smallest absolute Gasteiger partial charge is 0.256 e. The van der Waals surface area contributed by atoms with Crippen LogP contribution in [0.5, 0.6) is 0 Å². The summed E-state index contributed by atoms with van der Waals surface area (Å²) < 4.78 is 0. The Morgan fingerprint density at radius 3 is 2.27 bits per heavy atom. The Morgan fingerprint density at radius 2 is 1.73 bits per heavy atom. The molecule has 0 bridgehead atoms. The summed E-state index contributed by atoms with van der Waals surface area (Å²) in [5, 5.41) is 3.23. The highest BCUT2D eigenvalue weighted by Crippen LogP contribution is 2.16. The van der Waals surface area contributed by atoms with Gasteiger partial charge in [0.25, 0.3) is 5.91 Å². The van der Waals surface area contributed by atoms with E-state index in [1.807, 2.05) is 39.0 Å². The first-order valence-electron chi connectivity index (χ1n) is 7.58. The molecule has 22 heavy (non-hydrogen) atoms. The maximum Gasteiger partial charge on any atom is 0.256 e. The maximum atomic E-state index is 12.2. The summed E-state index contributed by atoms with van der Waals surface area (Å²) in [5.74, 6) is 0.486. The van der Waals surface area contributed by atoms with E-state index in [2.05, 4.69) is 27.4 Å². The third kappa shape index (κ3) is 3.81. The van der Waals surface area contributed by atoms with E-state index < -0.39 is 0 Å². The fraction of sp³-hybridized carbons (Fsp3) is 0.353. The van der Waals surface area contributed by atoms with Crippen LogP contribution in [0.1, 0.15) is 42.7 Å². The van der Waals surface area contributed by atoms with Crippen molar-refractivity contribution in [3.63, 3.8) is 0 Å². The minimum absolute atomic E-state index is 0.0346. The van der Waals surface area contributed by atoms with Crippen LogP contribution in [-0.2, 0) is 0 Å². The summed E-state index contributed by atoms with van der Waals surface area (Å²) in [5.41, 5.74) is 1.68. The molecular formula is C17H22N4O. The normalized spacial score (nSPS) is 11.8. The van der Waals surface area contributed by atoms with Gasteiger partial charge in [0.05, 0.1) is 11.6 Å². The quantitative estimate of drug-likeness (QED) is 0.890. The molecule has 2 rings (SSSR count). The van der Waals surface area contributed by atoms with Crippen molar-refractivity contribution in [2.24, 2.45) is 0 Å². The van der Waals surface area contributed by atoms with Gasteiger partial charge in [-0.1, -0.05) is 30.3 Å². The summed E-state index contributed by atoms with van der Waals surface area (Å²) in [7, 11) is 0. The molecule has 0 aliphatic carbocycles. The van der Waals surface area contributed by atoms with Crippen molar-refractivity contribution >= 4 is 11.9 Å². The van der Waals surface area contributed by atoms with Crippen molar-refractivity contribution < 1.29 is 4.79 Å². The number of aromatic nitrogens is 2. The predicted octanol–water partition coefficient (Wildman–Crippen LogP) is 3.13. The van der Waals surface area contributed by atoms with Gasteiger partial charge in [-0.25, -0.2) is 9.97 Å². The van der Waals surface area contributed by atoms with Crippen LogP contribution in [0.2, 0.25) is 0 Å². The number of carbonyl (C=O) groups excluding carboxylic acids is 1. The molecule has 0 radical (unpaired) electrons. The highest BCUT2D eigenvalue weighted by Gasteiger charge is 2.14. The molecule has 5 heteroatoms. The van der Waals surface area contributed by atoms with Crippen LogP contribution in [-0.4, -0.2) is 33.9 Å². The van der Waals surface area contributed by atoms with Crippen molar-refractivity contribution in [2.75, 3.05) is 18.4 Å². The van der Waals surface area contributed by atoms with E-state index in [-0.39, 0.29) is 11.9 Å². The van der Waals surface area contributed by atoms with Gasteiger partial charge in [-0.05, 0) is 26.3 Å². The molecule has 1 atom stereocenters. The van der Waals surface area contributed by atoms with E-state index in [4.69, 9.17) is 0 Å². The Balaban J connectivity index is 2.04. The molecule has 1 amide bonds. The monoisotopic (exact) mass is 298 g/mol. The number of benzene rings is 1. The van der Waals surface area contributed by atoms with Crippen LogP contribution in [0.15, 0.2) is 42.7 Å². The number of anilines is 1. The van der Waals surface area contributed by atoms with E-state index in [1.165, 1.54) is 0 Å². The highest BCUT2D eigenvalue weighted by molar-refractivity contribution is 5.93. The lowest BCUT2D eigenvalue weighted by Crippen LogP contribution is -2.30. The lowest BCUT2D eigenvalue weighted by molar-refractivity contribution is 0.0772. The zero-order valence-corrected chi connectivity index (χ0v) is 13.3. The van der Waals surface area contributed by atoms with Crippen LogP contribution in [0.25, 0.3) is 0 Å². The molecule has 1 aromatic heterocycles. The topological polar surface area (TPSA) is 58.1 Å². The minimum Gasteiger partial charge on any atom is -0.348 e. The number of carbonyl (C=O) groups is 1. The molecule has 0 saturated carbocycles. The standard InChI is InChI=1S/C17H22N4O/c1-4-21(5-2)16(22)15-11-18-17(19-12-15)20-13(3)14-9-7-6-8-10-14/h6-13H,4-5H2,1-3H3,(H,18,19,20). The number of nitrogens with one attached hydrogen (secondary N) is 1. The minimum atomic E-state index is -0.0346. The summed E-state index contributed by atoms with van der Waals surface area (Å²) >= 11 is 0. The second-order valence-electron chi connectivity index (χ2n) is 5.05. The zero-order valence-electron chi connectivity index (χ0n) is 13.3. The second kappa shape index (κ2) is 7.54. The molecule has 1 aromatic carbocycles. The highest BCUT2D eigenvalue weighted by atomic mass is 16.2. The molecule has 1 N–H and O–H groups in total. The average molecular weight is 298 g/mol. The molecule has 0 saturated heterocycles. The summed E-state index contributed by atoms with van der Waals surface area (Å²) in [6.07, 6.45) is 3.15. The number of nitrogens with zero attached hydrogens (tertiary/aromatic N) is 3. The van der Waals surface area contributed by atoms with Crippen molar-refractivity contribution in [1.82, 2.24) is 14.9 Å². The van der Waals surface area contributed by atoms with E-state index in [0.29, 0.717) is 24.6 Å². The Bertz CT molecular complexity index is 594. The molecule has 0 spiro atoms. The van der Waals surface area contributed by atoms with Crippen molar-refractivity contribution in [1.29, 1.82) is 0 Å². The molecule has 116 valence electrons. The van der Waals surface area contributed by atoms with Gasteiger partial charge in [0.1, 0.15) is 0 Å². The van der Waals surface area contributed by atoms with Gasteiger partial charge in [-0.2, -0.15) is 0 Å². The molecule has 0 aliphatic rings. The first kappa shape index (κ1) is 15.9. The van der Waals surface area contributed by atoms with Crippen LogP contribution < -0.4 is 5.32 Å². The first-order valence-corrected chi connectivity index (χ1v) is 7.58. The van der Waals surface area contributed by atoms with Crippen LogP contribution >= 0.6 is 0 Å². The van der Waals surface area contributed by atoms with Gasteiger partial charge in [-0.15, -0.1) is 0 Å². The zero-order chi connectivity index (χ0) is 15.9. The lowest BCUT2D eigenvalue weighted by Gasteiger charge is -2.18. The number of hydrogen-bond donors (Lipinski definition) is 1. The van der Waals surface area contributed by atoms with Crippen LogP contribution in [0.4, 0.5) is 5.95 Å². The van der Waals surface area contributed by atoms with Gasteiger partial charge < -0.3 is 10.2 Å². The van der Waals surface area contributed by atoms with E-state index in [1.54, 1.807) is 17.3 Å². The molecule has 0 aliphatic heterocycles. The molecule has 1 unspecified atom stereocenters. The molecule has 0 fully saturated rings. The molecule has 5 nitrogen and oxygen atoms in total. The summed E-state index contributed by atoms with van der Waals surface area (Å²) in [6.45, 7) is 7.33. The maximum absolute atomic E-state index is 12.2. The Labute approximate surface area is 131 Å². The van der Waals surface area contributed by atoms with E-state index >= 15 is 0 Å². The molecular weight excluding hydrogens is 276 g/mol. The number of hydrogen-bond acceptors (Lipinski definition) is 4. The second-order valence-corrected chi connectivity index (χ2v) is 5.05. The number of rotatable bonds is 6. The molecule has 1 heterocycles. The fourth-order valence-corrected chi connectivity index (χ4v) is 2.23. The SMILES string of the molecule is CCN(CC)C(=O)c1cnc(NC(C)c2ccccc2)nc1. The Kier molecular flexibility index (Phi) is 5.47.